The van der Waals surface area contributed by atoms with Crippen molar-refractivity contribution in [3.8, 4) is 0 Å². The summed E-state index contributed by atoms with van der Waals surface area (Å²) in [5.41, 5.74) is 2.19. The first-order chi connectivity index (χ1) is 10.4. The van der Waals surface area contributed by atoms with E-state index >= 15 is 0 Å². The Labute approximate surface area is 132 Å². The number of hydrogen-bond acceptors (Lipinski definition) is 2. The van der Waals surface area contributed by atoms with Crippen LogP contribution in [0.25, 0.3) is 0 Å². The molecule has 0 heterocycles. The fourth-order valence-electron chi connectivity index (χ4n) is 1.87. The summed E-state index contributed by atoms with van der Waals surface area (Å²) in [7, 11) is 0. The van der Waals surface area contributed by atoms with Gasteiger partial charge in [-0.15, -0.1) is 11.8 Å². The molecule has 0 fully saturated rings. The minimum Gasteiger partial charge on any atom is -0.323 e. The molecular weight excluding hydrogens is 304 g/mol. The average molecular weight is 321 g/mol. The zero-order valence-electron chi connectivity index (χ0n) is 12.6. The van der Waals surface area contributed by atoms with E-state index in [9.17, 15) is 13.6 Å². The molecule has 0 aromatic heterocycles. The van der Waals surface area contributed by atoms with Crippen LogP contribution in [0.4, 0.5) is 14.5 Å². The Morgan fingerprint density at radius 1 is 1.09 bits per heavy atom. The number of rotatable bonds is 4. The van der Waals surface area contributed by atoms with Crippen LogP contribution in [0.2, 0.25) is 0 Å². The highest BCUT2D eigenvalue weighted by atomic mass is 32.2. The van der Waals surface area contributed by atoms with Gasteiger partial charge in [0, 0.05) is 11.0 Å². The molecule has 0 aliphatic rings. The maximum absolute atomic E-state index is 13.5. The van der Waals surface area contributed by atoms with Crippen LogP contribution in [-0.4, -0.2) is 11.2 Å². The van der Waals surface area contributed by atoms with Gasteiger partial charge in [-0.2, -0.15) is 0 Å². The molecule has 0 aliphatic carbocycles. The van der Waals surface area contributed by atoms with Gasteiger partial charge in [0.25, 0.3) is 0 Å². The maximum atomic E-state index is 13.5. The van der Waals surface area contributed by atoms with Crippen molar-refractivity contribution in [3.05, 3.63) is 59.2 Å². The van der Waals surface area contributed by atoms with Crippen LogP contribution in [0.15, 0.2) is 41.3 Å². The average Bonchev–Trinajstić information content (AvgIpc) is 2.46. The Hall–Kier alpha value is -1.88. The van der Waals surface area contributed by atoms with E-state index in [1.165, 1.54) is 17.3 Å². The minimum absolute atomic E-state index is 0.141. The molecule has 0 radical (unpaired) electrons. The highest BCUT2D eigenvalue weighted by Gasteiger charge is 2.16. The molecular formula is C17H17F2NOS. The second kappa shape index (κ2) is 6.92. The van der Waals surface area contributed by atoms with Crippen LogP contribution in [0.5, 0.6) is 0 Å². The van der Waals surface area contributed by atoms with E-state index in [0.29, 0.717) is 0 Å². The summed E-state index contributed by atoms with van der Waals surface area (Å²) < 4.78 is 26.6. The van der Waals surface area contributed by atoms with Gasteiger partial charge < -0.3 is 5.32 Å². The Kier molecular flexibility index (Phi) is 5.19. The molecule has 2 aromatic carbocycles. The molecule has 0 bridgehead atoms. The van der Waals surface area contributed by atoms with Crippen molar-refractivity contribution in [2.75, 3.05) is 5.32 Å². The molecule has 0 saturated heterocycles. The third kappa shape index (κ3) is 4.07. The van der Waals surface area contributed by atoms with E-state index < -0.39 is 16.9 Å². The lowest BCUT2D eigenvalue weighted by molar-refractivity contribution is -0.115. The number of benzene rings is 2. The van der Waals surface area contributed by atoms with Gasteiger partial charge >= 0.3 is 0 Å². The molecule has 22 heavy (non-hydrogen) atoms. The Balaban J connectivity index is 2.05. The van der Waals surface area contributed by atoms with Crippen LogP contribution in [0, 0.1) is 25.5 Å². The van der Waals surface area contributed by atoms with Gasteiger partial charge in [0.2, 0.25) is 5.91 Å². The normalized spacial score (nSPS) is 12.0. The van der Waals surface area contributed by atoms with E-state index in [1.807, 2.05) is 32.0 Å². The minimum atomic E-state index is -0.655. The van der Waals surface area contributed by atoms with E-state index in [-0.39, 0.29) is 11.6 Å². The van der Waals surface area contributed by atoms with Gasteiger partial charge in [0.15, 0.2) is 0 Å². The number of carbonyl (C=O) groups excluding carboxylic acids is 1. The van der Waals surface area contributed by atoms with Crippen LogP contribution >= 0.6 is 11.8 Å². The fraction of sp³-hybridized carbons (Fsp3) is 0.235. The smallest absolute Gasteiger partial charge is 0.237 e. The van der Waals surface area contributed by atoms with Crippen molar-refractivity contribution in [1.29, 1.82) is 0 Å². The number of halogens is 2. The van der Waals surface area contributed by atoms with E-state index in [0.717, 1.165) is 28.7 Å². The van der Waals surface area contributed by atoms with Crippen LogP contribution in [-0.2, 0) is 4.79 Å². The van der Waals surface area contributed by atoms with Crippen LogP contribution < -0.4 is 5.32 Å². The van der Waals surface area contributed by atoms with Crippen LogP contribution in [0.1, 0.15) is 18.1 Å². The van der Waals surface area contributed by atoms with Crippen molar-refractivity contribution >= 4 is 23.4 Å². The van der Waals surface area contributed by atoms with Gasteiger partial charge in [-0.3, -0.25) is 4.79 Å². The van der Waals surface area contributed by atoms with E-state index in [2.05, 4.69) is 5.32 Å². The molecule has 0 saturated carbocycles. The second-order valence-electron chi connectivity index (χ2n) is 5.12. The van der Waals surface area contributed by atoms with Gasteiger partial charge in [0.05, 0.1) is 10.9 Å². The first-order valence-electron chi connectivity index (χ1n) is 6.86. The summed E-state index contributed by atoms with van der Waals surface area (Å²) in [5, 5.41) is 2.00. The van der Waals surface area contributed by atoms with E-state index in [4.69, 9.17) is 0 Å². The maximum Gasteiger partial charge on any atom is 0.237 e. The van der Waals surface area contributed by atoms with Gasteiger partial charge in [-0.05, 0) is 56.2 Å². The Bertz CT molecular complexity index is 703. The molecule has 1 N–H and O–H groups in total. The SMILES string of the molecule is Cc1ccc(S[C@@H](C)C(=O)Nc2cc(F)ccc2F)cc1C. The molecule has 0 unspecified atom stereocenters. The molecule has 0 spiro atoms. The standard InChI is InChI=1S/C17H17F2NOS/c1-10-4-6-14(8-11(10)2)22-12(3)17(21)20-16-9-13(18)5-7-15(16)19/h4-9,12H,1-3H3,(H,20,21)/t12-/m0/s1. The molecule has 5 heteroatoms. The summed E-state index contributed by atoms with van der Waals surface area (Å²) in [4.78, 5) is 13.1. The first kappa shape index (κ1) is 16.5. The van der Waals surface area contributed by atoms with Crippen molar-refractivity contribution in [1.82, 2.24) is 0 Å². The number of aryl methyl sites for hydroxylation is 2. The summed E-state index contributed by atoms with van der Waals surface area (Å²) in [5.74, 6) is -1.61. The Morgan fingerprint density at radius 3 is 2.50 bits per heavy atom. The number of anilines is 1. The molecule has 1 amide bonds. The van der Waals surface area contributed by atoms with Crippen molar-refractivity contribution in [3.63, 3.8) is 0 Å². The van der Waals surface area contributed by atoms with Crippen molar-refractivity contribution < 1.29 is 13.6 Å². The summed E-state index contributed by atoms with van der Waals surface area (Å²) in [6.07, 6.45) is 0. The number of carbonyl (C=O) groups is 1. The Morgan fingerprint density at radius 2 is 1.82 bits per heavy atom. The highest BCUT2D eigenvalue weighted by molar-refractivity contribution is 8.00. The highest BCUT2D eigenvalue weighted by Crippen LogP contribution is 2.26. The number of nitrogens with one attached hydrogen (secondary N) is 1. The fourth-order valence-corrected chi connectivity index (χ4v) is 2.84. The predicted molar refractivity (Wildman–Crippen MR) is 86.2 cm³/mol. The number of thioether (sulfide) groups is 1. The lowest BCUT2D eigenvalue weighted by Crippen LogP contribution is -2.23. The monoisotopic (exact) mass is 321 g/mol. The molecule has 1 atom stereocenters. The van der Waals surface area contributed by atoms with Crippen LogP contribution in [0.3, 0.4) is 0 Å². The summed E-state index contributed by atoms with van der Waals surface area (Å²) >= 11 is 1.38. The third-order valence-corrected chi connectivity index (χ3v) is 4.44. The topological polar surface area (TPSA) is 29.1 Å². The zero-order chi connectivity index (χ0) is 16.3. The zero-order valence-corrected chi connectivity index (χ0v) is 13.4. The van der Waals surface area contributed by atoms with Gasteiger partial charge in [-0.25, -0.2) is 8.78 Å². The van der Waals surface area contributed by atoms with Gasteiger partial charge in [-0.1, -0.05) is 6.07 Å². The second-order valence-corrected chi connectivity index (χ2v) is 6.53. The predicted octanol–water partition coefficient (Wildman–Crippen LogP) is 4.70. The molecule has 2 aromatic rings. The number of hydrogen-bond donors (Lipinski definition) is 1. The lowest BCUT2D eigenvalue weighted by atomic mass is 10.1. The molecule has 2 nitrogen and oxygen atoms in total. The number of amides is 1. The third-order valence-electron chi connectivity index (χ3n) is 3.35. The molecule has 0 aliphatic heterocycles. The quantitative estimate of drug-likeness (QED) is 0.827. The van der Waals surface area contributed by atoms with Crippen molar-refractivity contribution in [2.45, 2.75) is 30.9 Å². The van der Waals surface area contributed by atoms with Crippen molar-refractivity contribution in [2.24, 2.45) is 0 Å². The molecule has 2 rings (SSSR count). The van der Waals surface area contributed by atoms with Gasteiger partial charge in [0.1, 0.15) is 11.6 Å². The molecule has 116 valence electrons. The summed E-state index contributed by atoms with van der Waals surface area (Å²) in [6.45, 7) is 5.76. The van der Waals surface area contributed by atoms with E-state index in [1.54, 1.807) is 6.92 Å². The summed E-state index contributed by atoms with van der Waals surface area (Å²) in [6, 6.07) is 8.92. The lowest BCUT2D eigenvalue weighted by Gasteiger charge is -2.13. The first-order valence-corrected chi connectivity index (χ1v) is 7.74. The largest absolute Gasteiger partial charge is 0.323 e.